The standard InChI is InChI=1S/C18H14F2N2O4/c19-15-11-16(20)17(22(24)25)10-14(15)8-4-5-9-21-18(23)26-12-13-6-2-1-3-7-13/h1-3,6-7,10-11H,5,9,12H2,(H,21,23). The number of carbonyl (C=O) groups is 1. The molecule has 0 radical (unpaired) electrons. The van der Waals surface area contributed by atoms with Crippen molar-refractivity contribution in [3.05, 3.63) is 75.3 Å². The lowest BCUT2D eigenvalue weighted by Gasteiger charge is -2.05. The van der Waals surface area contributed by atoms with E-state index < -0.39 is 28.3 Å². The van der Waals surface area contributed by atoms with Crippen LogP contribution >= 0.6 is 0 Å². The van der Waals surface area contributed by atoms with Crippen molar-refractivity contribution >= 4 is 11.8 Å². The van der Waals surface area contributed by atoms with Crippen molar-refractivity contribution in [3.63, 3.8) is 0 Å². The quantitative estimate of drug-likeness (QED) is 0.383. The highest BCUT2D eigenvalue weighted by atomic mass is 19.1. The smallest absolute Gasteiger partial charge is 0.407 e. The molecule has 0 aliphatic carbocycles. The molecular weight excluding hydrogens is 346 g/mol. The molecule has 6 nitrogen and oxygen atoms in total. The molecule has 0 spiro atoms. The second-order valence-corrected chi connectivity index (χ2v) is 5.08. The zero-order valence-electron chi connectivity index (χ0n) is 13.5. The van der Waals surface area contributed by atoms with Gasteiger partial charge in [-0.1, -0.05) is 42.2 Å². The molecule has 0 aromatic heterocycles. The predicted molar refractivity (Wildman–Crippen MR) is 89.1 cm³/mol. The van der Waals surface area contributed by atoms with Gasteiger partial charge in [0, 0.05) is 25.1 Å². The van der Waals surface area contributed by atoms with Crippen LogP contribution in [0.15, 0.2) is 42.5 Å². The zero-order chi connectivity index (χ0) is 18.9. The summed E-state index contributed by atoms with van der Waals surface area (Å²) in [6.07, 6.45) is -0.468. The van der Waals surface area contributed by atoms with Crippen molar-refractivity contribution in [2.75, 3.05) is 6.54 Å². The first-order chi connectivity index (χ1) is 12.5. The van der Waals surface area contributed by atoms with Gasteiger partial charge >= 0.3 is 11.8 Å². The lowest BCUT2D eigenvalue weighted by atomic mass is 10.2. The van der Waals surface area contributed by atoms with Crippen LogP contribution in [0.3, 0.4) is 0 Å². The summed E-state index contributed by atoms with van der Waals surface area (Å²) in [5.41, 5.74) is -0.293. The molecule has 2 rings (SSSR count). The van der Waals surface area contributed by atoms with E-state index in [1.165, 1.54) is 0 Å². The first-order valence-electron chi connectivity index (χ1n) is 7.54. The van der Waals surface area contributed by atoms with Gasteiger partial charge in [-0.25, -0.2) is 9.18 Å². The molecule has 0 heterocycles. The summed E-state index contributed by atoms with van der Waals surface area (Å²) < 4.78 is 31.7. The Morgan fingerprint density at radius 1 is 1.19 bits per heavy atom. The van der Waals surface area contributed by atoms with E-state index in [0.717, 1.165) is 11.6 Å². The molecule has 0 aliphatic heterocycles. The number of nitro benzene ring substituents is 1. The number of hydrogen-bond acceptors (Lipinski definition) is 4. The van der Waals surface area contributed by atoms with E-state index in [1.54, 1.807) is 0 Å². The predicted octanol–water partition coefficient (Wildman–Crippen LogP) is 3.54. The van der Waals surface area contributed by atoms with Crippen molar-refractivity contribution in [1.29, 1.82) is 0 Å². The number of nitrogens with zero attached hydrogens (tertiary/aromatic N) is 1. The van der Waals surface area contributed by atoms with Gasteiger partial charge in [0.15, 0.2) is 0 Å². The lowest BCUT2D eigenvalue weighted by Crippen LogP contribution is -2.24. The minimum Gasteiger partial charge on any atom is -0.445 e. The van der Waals surface area contributed by atoms with E-state index in [1.807, 2.05) is 30.3 Å². The number of nitrogens with one attached hydrogen (secondary N) is 1. The van der Waals surface area contributed by atoms with Gasteiger partial charge in [0.25, 0.3) is 0 Å². The monoisotopic (exact) mass is 360 g/mol. The molecule has 26 heavy (non-hydrogen) atoms. The highest BCUT2D eigenvalue weighted by Gasteiger charge is 2.17. The minimum absolute atomic E-state index is 0.128. The van der Waals surface area contributed by atoms with Gasteiger partial charge in [0.1, 0.15) is 12.4 Å². The fourth-order valence-corrected chi connectivity index (χ4v) is 1.93. The first-order valence-corrected chi connectivity index (χ1v) is 7.54. The lowest BCUT2D eigenvalue weighted by molar-refractivity contribution is -0.387. The Morgan fingerprint density at radius 2 is 1.92 bits per heavy atom. The van der Waals surface area contributed by atoms with Gasteiger partial charge in [-0.2, -0.15) is 4.39 Å². The van der Waals surface area contributed by atoms with Gasteiger partial charge in [-0.05, 0) is 5.56 Å². The number of amides is 1. The Kier molecular flexibility index (Phi) is 6.62. The van der Waals surface area contributed by atoms with Gasteiger partial charge in [0.05, 0.1) is 10.5 Å². The van der Waals surface area contributed by atoms with Gasteiger partial charge in [0.2, 0.25) is 5.82 Å². The summed E-state index contributed by atoms with van der Waals surface area (Å²) in [6, 6.07) is 10.3. The van der Waals surface area contributed by atoms with Gasteiger partial charge in [-0.3, -0.25) is 10.1 Å². The van der Waals surface area contributed by atoms with Crippen molar-refractivity contribution in [2.24, 2.45) is 0 Å². The largest absolute Gasteiger partial charge is 0.445 e. The van der Waals surface area contributed by atoms with Crippen LogP contribution in [0, 0.1) is 33.6 Å². The average Bonchev–Trinajstić information content (AvgIpc) is 2.61. The maximum absolute atomic E-state index is 13.5. The molecule has 0 fully saturated rings. The molecule has 134 valence electrons. The van der Waals surface area contributed by atoms with Crippen LogP contribution in [0.1, 0.15) is 17.5 Å². The number of ether oxygens (including phenoxy) is 1. The van der Waals surface area contributed by atoms with Crippen molar-refractivity contribution in [1.82, 2.24) is 5.32 Å². The molecule has 1 amide bonds. The highest BCUT2D eigenvalue weighted by molar-refractivity contribution is 5.67. The number of nitro groups is 1. The van der Waals surface area contributed by atoms with E-state index in [-0.39, 0.29) is 25.1 Å². The summed E-state index contributed by atoms with van der Waals surface area (Å²) in [4.78, 5) is 21.2. The van der Waals surface area contributed by atoms with Crippen LogP contribution in [-0.4, -0.2) is 17.6 Å². The van der Waals surface area contributed by atoms with Crippen LogP contribution in [0.4, 0.5) is 19.3 Å². The SMILES string of the molecule is O=C(NCCC#Cc1cc([N+](=O)[O-])c(F)cc1F)OCc1ccccc1. The van der Waals surface area contributed by atoms with Crippen LogP contribution in [0.2, 0.25) is 0 Å². The Labute approximate surface area is 147 Å². The molecule has 0 bridgehead atoms. The van der Waals surface area contributed by atoms with Crippen LogP contribution < -0.4 is 5.32 Å². The van der Waals surface area contributed by atoms with Crippen LogP contribution in [0.25, 0.3) is 0 Å². The molecule has 2 aromatic carbocycles. The number of rotatable bonds is 5. The summed E-state index contributed by atoms with van der Waals surface area (Å²) in [5.74, 6) is 2.68. The van der Waals surface area contributed by atoms with Crippen molar-refractivity contribution in [3.8, 4) is 11.8 Å². The first kappa shape index (κ1) is 18.9. The fourth-order valence-electron chi connectivity index (χ4n) is 1.93. The maximum Gasteiger partial charge on any atom is 0.407 e. The topological polar surface area (TPSA) is 81.5 Å². The van der Waals surface area contributed by atoms with Gasteiger partial charge < -0.3 is 10.1 Å². The van der Waals surface area contributed by atoms with E-state index in [4.69, 9.17) is 4.74 Å². The summed E-state index contributed by atoms with van der Waals surface area (Å²) in [5, 5.41) is 13.1. The van der Waals surface area contributed by atoms with Gasteiger partial charge in [-0.15, -0.1) is 0 Å². The third-order valence-electron chi connectivity index (χ3n) is 3.19. The molecule has 0 unspecified atom stereocenters. The average molecular weight is 360 g/mol. The second-order valence-electron chi connectivity index (χ2n) is 5.08. The molecule has 8 heteroatoms. The molecule has 0 aliphatic rings. The summed E-state index contributed by atoms with van der Waals surface area (Å²) >= 11 is 0. The second kappa shape index (κ2) is 9.13. The number of halogens is 2. The van der Waals surface area contributed by atoms with E-state index in [2.05, 4.69) is 17.2 Å². The Morgan fingerprint density at radius 3 is 2.62 bits per heavy atom. The minimum atomic E-state index is -1.26. The van der Waals surface area contributed by atoms with E-state index in [0.29, 0.717) is 6.07 Å². The number of alkyl carbamates (subject to hydrolysis) is 1. The highest BCUT2D eigenvalue weighted by Crippen LogP contribution is 2.20. The molecule has 0 atom stereocenters. The van der Waals surface area contributed by atoms with Crippen molar-refractivity contribution < 1.29 is 23.2 Å². The Bertz CT molecular complexity index is 861. The number of hydrogen-bond donors (Lipinski definition) is 1. The Balaban J connectivity index is 1.81. The third kappa shape index (κ3) is 5.56. The number of carbonyl (C=O) groups excluding carboxylic acids is 1. The van der Waals surface area contributed by atoms with Crippen LogP contribution in [0.5, 0.6) is 0 Å². The fraction of sp³-hybridized carbons (Fsp3) is 0.167. The molecule has 2 aromatic rings. The summed E-state index contributed by atoms with van der Waals surface area (Å²) in [6.45, 7) is 0.272. The molecule has 0 saturated heterocycles. The number of benzene rings is 2. The van der Waals surface area contributed by atoms with E-state index >= 15 is 0 Å². The zero-order valence-corrected chi connectivity index (χ0v) is 13.5. The molecule has 0 saturated carbocycles. The third-order valence-corrected chi connectivity index (χ3v) is 3.19. The maximum atomic E-state index is 13.5. The molecule has 1 N–H and O–H groups in total. The van der Waals surface area contributed by atoms with E-state index in [9.17, 15) is 23.7 Å². The normalized spacial score (nSPS) is 9.77. The summed E-state index contributed by atoms with van der Waals surface area (Å²) in [7, 11) is 0. The van der Waals surface area contributed by atoms with Crippen molar-refractivity contribution in [2.45, 2.75) is 13.0 Å². The Hall–Kier alpha value is -3.47. The van der Waals surface area contributed by atoms with Crippen LogP contribution in [-0.2, 0) is 11.3 Å². The molecular formula is C18H14F2N2O4.